The number of guanidine groups is 1. The predicted octanol–water partition coefficient (Wildman–Crippen LogP) is 2.22. The number of nitrogens with one attached hydrogen (secondary N) is 3. The van der Waals surface area contributed by atoms with Crippen LogP contribution in [0.15, 0.2) is 29.3 Å². The van der Waals surface area contributed by atoms with Gasteiger partial charge in [0, 0.05) is 25.0 Å². The number of hydrogen-bond acceptors (Lipinski definition) is 3. The van der Waals surface area contributed by atoms with Gasteiger partial charge in [0.1, 0.15) is 5.82 Å². The van der Waals surface area contributed by atoms with Crippen molar-refractivity contribution in [3.63, 3.8) is 0 Å². The van der Waals surface area contributed by atoms with Crippen molar-refractivity contribution in [2.45, 2.75) is 33.1 Å². The number of hydrogen-bond donors (Lipinski definition) is 3. The Morgan fingerprint density at radius 3 is 2.46 bits per heavy atom. The molecule has 26 heavy (non-hydrogen) atoms. The van der Waals surface area contributed by atoms with Crippen LogP contribution in [-0.4, -0.2) is 46.3 Å². The van der Waals surface area contributed by atoms with E-state index in [4.69, 9.17) is 0 Å². The van der Waals surface area contributed by atoms with E-state index in [1.165, 1.54) is 12.1 Å². The zero-order valence-electron chi connectivity index (χ0n) is 15.8. The normalized spacial score (nSPS) is 12.4. The van der Waals surface area contributed by atoms with Crippen LogP contribution < -0.4 is 15.4 Å². The van der Waals surface area contributed by atoms with Crippen LogP contribution in [0.5, 0.6) is 0 Å². The van der Waals surface area contributed by atoms with Gasteiger partial charge < -0.3 is 10.6 Å². The Labute approximate surface area is 173 Å². The van der Waals surface area contributed by atoms with E-state index in [1.54, 1.807) is 13.0 Å². The second-order valence-electron chi connectivity index (χ2n) is 6.31. The first-order chi connectivity index (χ1) is 11.7. The van der Waals surface area contributed by atoms with Gasteiger partial charge in [0.05, 0.1) is 12.3 Å². The number of halogens is 2. The van der Waals surface area contributed by atoms with Gasteiger partial charge in [0.25, 0.3) is 0 Å². The summed E-state index contributed by atoms with van der Waals surface area (Å²) in [5, 5.41) is 6.21. The summed E-state index contributed by atoms with van der Waals surface area (Å²) < 4.78 is 38.7. The molecule has 0 aromatic heterocycles. The SMILES string of the molecule is CCNC(=NCC(C)(C)c1cccc(F)c1)NCCNS(=O)(=O)CC.I. The van der Waals surface area contributed by atoms with E-state index in [0.717, 1.165) is 5.56 Å². The Hall–Kier alpha value is -0.940. The number of nitrogens with zero attached hydrogens (tertiary/aromatic N) is 1. The Morgan fingerprint density at radius 2 is 1.88 bits per heavy atom. The molecular formula is C17H30FIN4O2S. The van der Waals surface area contributed by atoms with Crippen LogP contribution in [0.4, 0.5) is 4.39 Å². The lowest BCUT2D eigenvalue weighted by atomic mass is 9.85. The molecular weight excluding hydrogens is 470 g/mol. The number of benzene rings is 1. The smallest absolute Gasteiger partial charge is 0.211 e. The van der Waals surface area contributed by atoms with Gasteiger partial charge in [0.15, 0.2) is 5.96 Å². The summed E-state index contributed by atoms with van der Waals surface area (Å²) in [7, 11) is -3.19. The third-order valence-electron chi connectivity index (χ3n) is 3.70. The van der Waals surface area contributed by atoms with Gasteiger partial charge >= 0.3 is 0 Å². The molecule has 6 nitrogen and oxygen atoms in total. The molecule has 3 N–H and O–H groups in total. The lowest BCUT2D eigenvalue weighted by molar-refractivity contribution is 0.529. The third kappa shape index (κ3) is 9.13. The number of sulfonamides is 1. The summed E-state index contributed by atoms with van der Waals surface area (Å²) in [4.78, 5) is 4.54. The fraction of sp³-hybridized carbons (Fsp3) is 0.588. The van der Waals surface area contributed by atoms with Crippen molar-refractivity contribution in [3.05, 3.63) is 35.6 Å². The van der Waals surface area contributed by atoms with Gasteiger partial charge in [-0.3, -0.25) is 4.99 Å². The van der Waals surface area contributed by atoms with Crippen LogP contribution in [0.2, 0.25) is 0 Å². The number of rotatable bonds is 9. The van der Waals surface area contributed by atoms with Crippen molar-refractivity contribution < 1.29 is 12.8 Å². The molecule has 0 radical (unpaired) electrons. The van der Waals surface area contributed by atoms with Crippen LogP contribution in [0.25, 0.3) is 0 Å². The molecule has 150 valence electrons. The van der Waals surface area contributed by atoms with Gasteiger partial charge in [-0.25, -0.2) is 17.5 Å². The molecule has 0 saturated carbocycles. The van der Waals surface area contributed by atoms with E-state index in [9.17, 15) is 12.8 Å². The van der Waals surface area contributed by atoms with Crippen molar-refractivity contribution in [1.82, 2.24) is 15.4 Å². The second kappa shape index (κ2) is 11.7. The minimum Gasteiger partial charge on any atom is -0.357 e. The molecule has 9 heteroatoms. The van der Waals surface area contributed by atoms with Crippen LogP contribution in [-0.2, 0) is 15.4 Å². The van der Waals surface area contributed by atoms with E-state index < -0.39 is 10.0 Å². The number of aliphatic imine (C=N–C) groups is 1. The molecule has 0 heterocycles. The van der Waals surface area contributed by atoms with Crippen molar-refractivity contribution in [2.75, 3.05) is 31.9 Å². The standard InChI is InChI=1S/C17H29FN4O2S.HI/c1-5-19-16(20-10-11-22-25(23,24)6-2)21-13-17(3,4)14-8-7-9-15(18)12-14;/h7-9,12,22H,5-6,10-11,13H2,1-4H3,(H2,19,20,21);1H. The Bertz CT molecular complexity index is 681. The van der Waals surface area contributed by atoms with Crippen molar-refractivity contribution >= 4 is 40.0 Å². The largest absolute Gasteiger partial charge is 0.357 e. The highest BCUT2D eigenvalue weighted by molar-refractivity contribution is 14.0. The van der Waals surface area contributed by atoms with E-state index >= 15 is 0 Å². The molecule has 0 unspecified atom stereocenters. The third-order valence-corrected chi connectivity index (χ3v) is 5.11. The monoisotopic (exact) mass is 500 g/mol. The van der Waals surface area contributed by atoms with Crippen LogP contribution >= 0.6 is 24.0 Å². The Morgan fingerprint density at radius 1 is 1.19 bits per heavy atom. The molecule has 0 atom stereocenters. The summed E-state index contributed by atoms with van der Waals surface area (Å²) in [5.74, 6) is 0.397. The van der Waals surface area contributed by atoms with Crippen LogP contribution in [0, 0.1) is 5.82 Å². The minimum absolute atomic E-state index is 0. The van der Waals surface area contributed by atoms with Crippen molar-refractivity contribution in [2.24, 2.45) is 4.99 Å². The molecule has 0 saturated heterocycles. The van der Waals surface area contributed by atoms with Gasteiger partial charge in [-0.2, -0.15) is 0 Å². The predicted molar refractivity (Wildman–Crippen MR) is 116 cm³/mol. The van der Waals surface area contributed by atoms with Crippen LogP contribution in [0.3, 0.4) is 0 Å². The molecule has 0 aliphatic carbocycles. The lowest BCUT2D eigenvalue weighted by Crippen LogP contribution is -2.42. The summed E-state index contributed by atoms with van der Waals surface area (Å²) in [6.45, 7) is 9.41. The molecule has 0 aliphatic rings. The maximum atomic E-state index is 13.4. The first-order valence-corrected chi connectivity index (χ1v) is 10.1. The first kappa shape index (κ1) is 25.1. The zero-order chi connectivity index (χ0) is 18.9. The minimum atomic E-state index is -3.19. The van der Waals surface area contributed by atoms with E-state index in [0.29, 0.717) is 25.6 Å². The Kier molecular flexibility index (Phi) is 11.3. The highest BCUT2D eigenvalue weighted by Gasteiger charge is 2.21. The zero-order valence-corrected chi connectivity index (χ0v) is 18.9. The van der Waals surface area contributed by atoms with Crippen molar-refractivity contribution in [1.29, 1.82) is 0 Å². The van der Waals surface area contributed by atoms with Gasteiger partial charge in [-0.1, -0.05) is 26.0 Å². The fourth-order valence-electron chi connectivity index (χ4n) is 2.11. The van der Waals surface area contributed by atoms with Crippen molar-refractivity contribution in [3.8, 4) is 0 Å². The molecule has 1 aromatic rings. The topological polar surface area (TPSA) is 82.6 Å². The summed E-state index contributed by atoms with van der Waals surface area (Å²) >= 11 is 0. The molecule has 0 aliphatic heterocycles. The van der Waals surface area contributed by atoms with Gasteiger partial charge in [-0.05, 0) is 31.5 Å². The van der Waals surface area contributed by atoms with E-state index in [2.05, 4.69) is 20.3 Å². The Balaban J connectivity index is 0.00000625. The average molecular weight is 500 g/mol. The average Bonchev–Trinajstić information content (AvgIpc) is 2.56. The molecule has 0 bridgehead atoms. The second-order valence-corrected chi connectivity index (χ2v) is 8.41. The lowest BCUT2D eigenvalue weighted by Gasteiger charge is -2.24. The maximum absolute atomic E-state index is 13.4. The highest BCUT2D eigenvalue weighted by Crippen LogP contribution is 2.24. The van der Waals surface area contributed by atoms with Crippen LogP contribution in [0.1, 0.15) is 33.3 Å². The maximum Gasteiger partial charge on any atom is 0.211 e. The quantitative estimate of drug-likeness (QED) is 0.210. The van der Waals surface area contributed by atoms with E-state index in [1.807, 2.05) is 26.8 Å². The fourth-order valence-corrected chi connectivity index (χ4v) is 2.73. The van der Waals surface area contributed by atoms with Gasteiger partial charge in [-0.15, -0.1) is 24.0 Å². The molecule has 0 spiro atoms. The summed E-state index contributed by atoms with van der Waals surface area (Å²) in [5.41, 5.74) is 0.552. The van der Waals surface area contributed by atoms with Gasteiger partial charge in [0.2, 0.25) is 10.0 Å². The molecule has 1 aromatic carbocycles. The van der Waals surface area contributed by atoms with E-state index in [-0.39, 0.29) is 47.5 Å². The molecule has 1 rings (SSSR count). The summed E-state index contributed by atoms with van der Waals surface area (Å²) in [6.07, 6.45) is 0. The molecule has 0 amide bonds. The molecule has 0 fully saturated rings. The highest BCUT2D eigenvalue weighted by atomic mass is 127. The first-order valence-electron chi connectivity index (χ1n) is 8.45. The summed E-state index contributed by atoms with van der Waals surface area (Å²) in [6, 6.07) is 6.53.